The van der Waals surface area contributed by atoms with Crippen LogP contribution in [0.25, 0.3) is 0 Å². The van der Waals surface area contributed by atoms with Crippen LogP contribution in [0.15, 0.2) is 46.5 Å². The van der Waals surface area contributed by atoms with E-state index in [2.05, 4.69) is 15.0 Å². The van der Waals surface area contributed by atoms with Gasteiger partial charge >= 0.3 is 6.18 Å². The Labute approximate surface area is 164 Å². The number of nitrogens with two attached hydrogens (primary N) is 1. The molecule has 0 saturated heterocycles. The first-order valence-corrected chi connectivity index (χ1v) is 8.93. The number of aliphatic imine (C=N–C) groups is 2. The molecule has 2 aromatic rings. The van der Waals surface area contributed by atoms with Crippen LogP contribution in [0.1, 0.15) is 40.5 Å². The van der Waals surface area contributed by atoms with E-state index >= 15 is 0 Å². The number of halogens is 3. The molecule has 4 rings (SSSR count). The van der Waals surface area contributed by atoms with Crippen molar-refractivity contribution in [2.45, 2.75) is 31.6 Å². The number of ether oxygens (including phenoxy) is 1. The smallest absolute Gasteiger partial charge is 0.417 e. The highest BCUT2D eigenvalue weighted by Gasteiger charge is 2.41. The Morgan fingerprint density at radius 3 is 2.66 bits per heavy atom. The van der Waals surface area contributed by atoms with Gasteiger partial charge in [0.2, 0.25) is 0 Å². The largest absolute Gasteiger partial charge is 0.493 e. The highest BCUT2D eigenvalue weighted by molar-refractivity contribution is 6.41. The zero-order chi connectivity index (χ0) is 20.8. The van der Waals surface area contributed by atoms with Gasteiger partial charge in [-0.25, -0.2) is 4.99 Å². The SMILES string of the molecule is CC1=NC2(CCOc3ccc(CC(=O)c4ccc(C(F)(F)F)cn4)cc32)N=C1N. The van der Waals surface area contributed by atoms with Gasteiger partial charge in [-0.15, -0.1) is 0 Å². The van der Waals surface area contributed by atoms with E-state index in [1.807, 2.05) is 0 Å². The van der Waals surface area contributed by atoms with Gasteiger partial charge in [0.25, 0.3) is 0 Å². The van der Waals surface area contributed by atoms with E-state index in [4.69, 9.17) is 10.5 Å². The van der Waals surface area contributed by atoms with Gasteiger partial charge in [0, 0.05) is 24.6 Å². The normalized spacial score (nSPS) is 20.7. The van der Waals surface area contributed by atoms with Crippen LogP contribution < -0.4 is 10.5 Å². The Balaban J connectivity index is 1.61. The lowest BCUT2D eigenvalue weighted by atomic mass is 9.91. The topological polar surface area (TPSA) is 89.9 Å². The van der Waals surface area contributed by atoms with E-state index < -0.39 is 23.2 Å². The number of pyridine rings is 1. The Bertz CT molecular complexity index is 1020. The van der Waals surface area contributed by atoms with Crippen LogP contribution in [0.4, 0.5) is 13.2 Å². The number of carbonyl (C=O) groups is 1. The second kappa shape index (κ2) is 6.68. The summed E-state index contributed by atoms with van der Waals surface area (Å²) in [6.07, 6.45) is -3.33. The summed E-state index contributed by atoms with van der Waals surface area (Å²) in [5, 5.41) is 0. The lowest BCUT2D eigenvalue weighted by Crippen LogP contribution is -2.28. The molecule has 0 bridgehead atoms. The van der Waals surface area contributed by atoms with Crippen molar-refractivity contribution in [1.82, 2.24) is 4.98 Å². The van der Waals surface area contributed by atoms with Gasteiger partial charge < -0.3 is 10.5 Å². The summed E-state index contributed by atoms with van der Waals surface area (Å²) in [5.74, 6) is 0.599. The summed E-state index contributed by atoms with van der Waals surface area (Å²) in [5.41, 5.74) is 6.16. The molecule has 0 saturated carbocycles. The number of benzene rings is 1. The molecule has 0 amide bonds. The number of aromatic nitrogens is 1. The van der Waals surface area contributed by atoms with Crippen LogP contribution in [-0.4, -0.2) is 28.9 Å². The van der Waals surface area contributed by atoms with E-state index in [1.54, 1.807) is 25.1 Å². The van der Waals surface area contributed by atoms with E-state index in [-0.39, 0.29) is 12.1 Å². The van der Waals surface area contributed by atoms with Crippen molar-refractivity contribution in [3.8, 4) is 5.75 Å². The predicted octanol–water partition coefficient (Wildman–Crippen LogP) is 3.29. The number of Topliss-reactive ketones (excluding diaryl/α,β-unsaturated/α-hetero) is 1. The molecule has 29 heavy (non-hydrogen) atoms. The summed E-state index contributed by atoms with van der Waals surface area (Å²) >= 11 is 0. The summed E-state index contributed by atoms with van der Waals surface area (Å²) in [4.78, 5) is 25.3. The maximum atomic E-state index is 12.7. The number of hydrogen-bond acceptors (Lipinski definition) is 6. The first-order chi connectivity index (χ1) is 13.7. The molecule has 1 unspecified atom stereocenters. The maximum Gasteiger partial charge on any atom is 0.417 e. The lowest BCUT2D eigenvalue weighted by molar-refractivity contribution is -0.137. The van der Waals surface area contributed by atoms with Crippen molar-refractivity contribution in [3.05, 3.63) is 58.9 Å². The molecule has 0 aliphatic carbocycles. The molecule has 1 aromatic heterocycles. The van der Waals surface area contributed by atoms with Gasteiger partial charge in [-0.05, 0) is 36.8 Å². The third-order valence-electron chi connectivity index (χ3n) is 4.95. The molecule has 1 aromatic carbocycles. The van der Waals surface area contributed by atoms with Crippen molar-refractivity contribution >= 4 is 17.3 Å². The number of carbonyl (C=O) groups excluding carboxylic acids is 1. The second-order valence-corrected chi connectivity index (χ2v) is 6.97. The monoisotopic (exact) mass is 402 g/mol. The van der Waals surface area contributed by atoms with Gasteiger partial charge in [-0.1, -0.05) is 6.07 Å². The van der Waals surface area contributed by atoms with Gasteiger partial charge in [0.05, 0.1) is 17.9 Å². The zero-order valence-corrected chi connectivity index (χ0v) is 15.5. The van der Waals surface area contributed by atoms with Crippen molar-refractivity contribution in [3.63, 3.8) is 0 Å². The molecule has 3 heterocycles. The molecule has 2 aliphatic heterocycles. The molecule has 6 nitrogen and oxygen atoms in total. The minimum Gasteiger partial charge on any atom is -0.493 e. The number of nitrogens with zero attached hydrogens (tertiary/aromatic N) is 3. The van der Waals surface area contributed by atoms with Gasteiger partial charge in [-0.3, -0.25) is 14.8 Å². The average Bonchev–Trinajstić information content (AvgIpc) is 2.96. The minimum atomic E-state index is -4.50. The summed E-state index contributed by atoms with van der Waals surface area (Å²) in [6.45, 7) is 2.22. The molecular weight excluding hydrogens is 385 g/mol. The molecule has 2 N–H and O–H groups in total. The summed E-state index contributed by atoms with van der Waals surface area (Å²) in [7, 11) is 0. The molecule has 1 spiro atoms. The number of rotatable bonds is 3. The standard InChI is InChI=1S/C20H17F3N4O2/c1-11-18(24)27-19(26-11)6-7-29-17-5-2-12(8-14(17)19)9-16(28)15-4-3-13(10-25-15)20(21,22)23/h2-5,8,10H,6-7,9H2,1H3,(H2,24,27). The van der Waals surface area contributed by atoms with E-state index in [0.29, 0.717) is 47.6 Å². The third-order valence-corrected chi connectivity index (χ3v) is 4.95. The van der Waals surface area contributed by atoms with Crippen molar-refractivity contribution < 1.29 is 22.7 Å². The van der Waals surface area contributed by atoms with Crippen molar-refractivity contribution in [2.24, 2.45) is 15.7 Å². The fourth-order valence-corrected chi connectivity index (χ4v) is 3.44. The summed E-state index contributed by atoms with van der Waals surface area (Å²) < 4.78 is 43.7. The van der Waals surface area contributed by atoms with Crippen LogP contribution in [0.2, 0.25) is 0 Å². The van der Waals surface area contributed by atoms with Crippen LogP contribution in [0, 0.1) is 0 Å². The molecule has 0 radical (unpaired) electrons. The first kappa shape index (κ1) is 19.1. The van der Waals surface area contributed by atoms with Crippen molar-refractivity contribution in [1.29, 1.82) is 0 Å². The van der Waals surface area contributed by atoms with Gasteiger partial charge in [-0.2, -0.15) is 13.2 Å². The highest BCUT2D eigenvalue weighted by atomic mass is 19.4. The molecule has 1 atom stereocenters. The van der Waals surface area contributed by atoms with Crippen molar-refractivity contribution in [2.75, 3.05) is 6.61 Å². The molecule has 0 fully saturated rings. The number of alkyl halides is 3. The van der Waals surface area contributed by atoms with Crippen LogP contribution in [-0.2, 0) is 18.3 Å². The van der Waals surface area contributed by atoms with Gasteiger partial charge in [0.15, 0.2) is 11.4 Å². The number of amidine groups is 1. The Morgan fingerprint density at radius 1 is 1.24 bits per heavy atom. The van der Waals surface area contributed by atoms with Crippen LogP contribution >= 0.6 is 0 Å². The van der Waals surface area contributed by atoms with Crippen LogP contribution in [0.5, 0.6) is 5.75 Å². The predicted molar refractivity (Wildman–Crippen MR) is 100 cm³/mol. The highest BCUT2D eigenvalue weighted by Crippen LogP contribution is 2.43. The van der Waals surface area contributed by atoms with E-state index in [1.165, 1.54) is 0 Å². The van der Waals surface area contributed by atoms with Crippen LogP contribution in [0.3, 0.4) is 0 Å². The zero-order valence-electron chi connectivity index (χ0n) is 15.5. The first-order valence-electron chi connectivity index (χ1n) is 8.93. The quantitative estimate of drug-likeness (QED) is 0.798. The molecule has 150 valence electrons. The molecule has 9 heteroatoms. The fraction of sp³-hybridized carbons (Fsp3) is 0.300. The number of hydrogen-bond donors (Lipinski definition) is 1. The second-order valence-electron chi connectivity index (χ2n) is 6.97. The number of fused-ring (bicyclic) bond motifs is 2. The Hall–Kier alpha value is -3.23. The maximum absolute atomic E-state index is 12.7. The molecule has 2 aliphatic rings. The van der Waals surface area contributed by atoms with E-state index in [9.17, 15) is 18.0 Å². The third kappa shape index (κ3) is 3.48. The average molecular weight is 402 g/mol. The lowest BCUT2D eigenvalue weighted by Gasteiger charge is -2.31. The van der Waals surface area contributed by atoms with E-state index in [0.717, 1.165) is 12.1 Å². The Morgan fingerprint density at radius 2 is 2.03 bits per heavy atom. The summed E-state index contributed by atoms with van der Waals surface area (Å²) in [6, 6.07) is 7.20. The fourth-order valence-electron chi connectivity index (χ4n) is 3.44. The number of ketones is 1. The van der Waals surface area contributed by atoms with Gasteiger partial charge in [0.1, 0.15) is 17.3 Å². The minimum absolute atomic E-state index is 0.0242. The Kier molecular flexibility index (Phi) is 4.40. The molecular formula is C20H17F3N4O2.